The number of aromatic nitrogens is 4. The molecular formula is C48H39ClN4O4. The van der Waals surface area contributed by atoms with Crippen molar-refractivity contribution in [3.8, 4) is 0 Å². The zero-order chi connectivity index (χ0) is 38.7. The molecule has 9 rings (SSSR count). The number of benzene rings is 6. The van der Waals surface area contributed by atoms with E-state index in [2.05, 4.69) is 51.4 Å². The van der Waals surface area contributed by atoms with Gasteiger partial charge < -0.3 is 19.3 Å². The Bertz CT molecular complexity index is 2340. The second-order valence-corrected chi connectivity index (χ2v) is 14.4. The number of hydrogen-bond donors (Lipinski definition) is 1. The lowest BCUT2D eigenvalue weighted by atomic mass is 9.79. The zero-order valence-corrected chi connectivity index (χ0v) is 31.6. The average Bonchev–Trinajstić information content (AvgIpc) is 3.85. The first-order valence-corrected chi connectivity index (χ1v) is 19.3. The van der Waals surface area contributed by atoms with Crippen molar-refractivity contribution in [3.05, 3.63) is 233 Å². The van der Waals surface area contributed by atoms with E-state index in [1.165, 1.54) is 6.33 Å². The predicted molar refractivity (Wildman–Crippen MR) is 219 cm³/mol. The summed E-state index contributed by atoms with van der Waals surface area (Å²) in [6.07, 6.45) is -0.962. The van der Waals surface area contributed by atoms with Crippen molar-refractivity contribution in [1.29, 1.82) is 0 Å². The van der Waals surface area contributed by atoms with Crippen LogP contribution >= 0.6 is 11.6 Å². The first kappa shape index (κ1) is 36.6. The summed E-state index contributed by atoms with van der Waals surface area (Å²) in [6.45, 7) is -0.00636. The van der Waals surface area contributed by atoms with Crippen molar-refractivity contribution in [3.63, 3.8) is 0 Å². The lowest BCUT2D eigenvalue weighted by Crippen LogP contribution is -2.45. The molecule has 1 fully saturated rings. The topological polar surface area (TPSA) is 91.5 Å². The van der Waals surface area contributed by atoms with Gasteiger partial charge in [0.2, 0.25) is 0 Å². The Labute approximate surface area is 336 Å². The fraction of sp³-hybridized carbons (Fsp3) is 0.146. The third kappa shape index (κ3) is 6.61. The van der Waals surface area contributed by atoms with Crippen LogP contribution in [-0.4, -0.2) is 49.5 Å². The molecule has 0 saturated carbocycles. The van der Waals surface area contributed by atoms with Crippen LogP contribution in [0.1, 0.15) is 39.6 Å². The summed E-state index contributed by atoms with van der Waals surface area (Å²) in [6, 6.07) is 60.6. The summed E-state index contributed by atoms with van der Waals surface area (Å²) in [4.78, 5) is 13.3. The number of imidazole rings is 1. The normalized spacial score (nSPS) is 18.5. The number of fused-ring (bicyclic) bond motifs is 1. The van der Waals surface area contributed by atoms with Gasteiger partial charge in [0, 0.05) is 0 Å². The number of aliphatic hydroxyl groups is 1. The van der Waals surface area contributed by atoms with Crippen molar-refractivity contribution in [2.45, 2.75) is 35.7 Å². The number of nitrogens with zero attached hydrogens (tertiary/aromatic N) is 4. The van der Waals surface area contributed by atoms with Gasteiger partial charge in [-0.2, -0.15) is 0 Å². The van der Waals surface area contributed by atoms with E-state index in [4.69, 9.17) is 25.8 Å². The molecule has 0 spiro atoms. The second-order valence-electron chi connectivity index (χ2n) is 14.0. The summed E-state index contributed by atoms with van der Waals surface area (Å²) in [5.74, 6) is 0. The molecule has 0 bridgehead atoms. The van der Waals surface area contributed by atoms with Crippen LogP contribution in [0.15, 0.2) is 195 Å². The minimum absolute atomic E-state index is 0.00636. The van der Waals surface area contributed by atoms with Crippen molar-refractivity contribution in [1.82, 2.24) is 19.5 Å². The molecule has 0 amide bonds. The van der Waals surface area contributed by atoms with Crippen molar-refractivity contribution in [2.24, 2.45) is 0 Å². The van der Waals surface area contributed by atoms with Gasteiger partial charge in [0.15, 0.2) is 17.0 Å². The summed E-state index contributed by atoms with van der Waals surface area (Å²) in [7, 11) is 0. The van der Waals surface area contributed by atoms with E-state index in [0.717, 1.165) is 33.4 Å². The molecule has 6 aromatic carbocycles. The number of ether oxygens (including phenoxy) is 3. The van der Waals surface area contributed by atoms with Crippen molar-refractivity contribution in [2.75, 3.05) is 6.61 Å². The molecule has 8 nitrogen and oxygen atoms in total. The Morgan fingerprint density at radius 2 is 0.965 bits per heavy atom. The van der Waals surface area contributed by atoms with E-state index in [1.807, 2.05) is 146 Å². The summed E-state index contributed by atoms with van der Waals surface area (Å²) < 4.78 is 23.5. The van der Waals surface area contributed by atoms with E-state index >= 15 is 0 Å². The summed E-state index contributed by atoms with van der Waals surface area (Å²) >= 11 is 6.52. The van der Waals surface area contributed by atoms with Gasteiger partial charge in [-0.1, -0.05) is 194 Å². The van der Waals surface area contributed by atoms with Crippen LogP contribution in [0.3, 0.4) is 0 Å². The highest BCUT2D eigenvalue weighted by atomic mass is 35.5. The third-order valence-corrected chi connectivity index (χ3v) is 11.0. The van der Waals surface area contributed by atoms with Gasteiger partial charge in [-0.3, -0.25) is 4.57 Å². The Hall–Kier alpha value is -6.00. The maximum atomic E-state index is 12.7. The molecular weight excluding hydrogens is 732 g/mol. The van der Waals surface area contributed by atoms with Gasteiger partial charge in [0.05, 0.1) is 12.9 Å². The molecule has 282 valence electrons. The van der Waals surface area contributed by atoms with Crippen LogP contribution in [0.4, 0.5) is 0 Å². The zero-order valence-electron chi connectivity index (χ0n) is 30.8. The molecule has 4 atom stereocenters. The maximum Gasteiger partial charge on any atom is 0.167 e. The quantitative estimate of drug-likeness (QED) is 0.0979. The molecule has 57 heavy (non-hydrogen) atoms. The van der Waals surface area contributed by atoms with Crippen LogP contribution in [-0.2, 0) is 25.4 Å². The fourth-order valence-electron chi connectivity index (χ4n) is 8.12. The van der Waals surface area contributed by atoms with Gasteiger partial charge in [-0.25, -0.2) is 15.0 Å². The van der Waals surface area contributed by atoms with Crippen LogP contribution < -0.4 is 0 Å². The number of hydrogen-bond acceptors (Lipinski definition) is 7. The van der Waals surface area contributed by atoms with Crippen LogP contribution in [0, 0.1) is 0 Å². The standard InChI is InChI=1S/C48H39ClN4O4/c49-44-41-45(51-32-50-44)53(33-52-41)46-43(57-48(37-25-13-4-14-26-37,38-27-15-5-16-28-38)39-29-17-6-18-30-39)42(54)40(56-46)31-55-47(34-19-7-1-8-20-34,35-21-9-2-10-22-35)36-23-11-3-12-24-36/h1-30,32-33,40,42-43,46,54H,31H2/t40-,42-,43-,46-/m1/s1. The summed E-state index contributed by atoms with van der Waals surface area (Å²) in [5.41, 5.74) is 4.06. The van der Waals surface area contributed by atoms with Crippen molar-refractivity contribution >= 4 is 22.8 Å². The van der Waals surface area contributed by atoms with Gasteiger partial charge in [-0.15, -0.1) is 0 Å². The third-order valence-electron chi connectivity index (χ3n) is 10.8. The Kier molecular flexibility index (Phi) is 10.2. The predicted octanol–water partition coefficient (Wildman–Crippen LogP) is 9.12. The van der Waals surface area contributed by atoms with Gasteiger partial charge in [0.25, 0.3) is 0 Å². The lowest BCUT2D eigenvalue weighted by Gasteiger charge is -2.40. The summed E-state index contributed by atoms with van der Waals surface area (Å²) in [5, 5.41) is 12.9. The average molecular weight is 771 g/mol. The monoisotopic (exact) mass is 770 g/mol. The second kappa shape index (κ2) is 15.9. The highest BCUT2D eigenvalue weighted by Crippen LogP contribution is 2.47. The van der Waals surface area contributed by atoms with Crippen LogP contribution in [0.2, 0.25) is 5.15 Å². The van der Waals surface area contributed by atoms with Gasteiger partial charge in [-0.05, 0) is 33.4 Å². The first-order chi connectivity index (χ1) is 28.1. The molecule has 1 aliphatic heterocycles. The number of aliphatic hydroxyl groups excluding tert-OH is 1. The molecule has 1 saturated heterocycles. The Balaban J connectivity index is 1.19. The minimum atomic E-state index is -1.19. The molecule has 9 heteroatoms. The van der Waals surface area contributed by atoms with E-state index < -0.39 is 35.7 Å². The molecule has 0 aliphatic carbocycles. The first-order valence-electron chi connectivity index (χ1n) is 18.9. The van der Waals surface area contributed by atoms with E-state index in [9.17, 15) is 5.11 Å². The number of halogens is 1. The molecule has 8 aromatic rings. The van der Waals surface area contributed by atoms with Gasteiger partial charge in [0.1, 0.15) is 41.4 Å². The van der Waals surface area contributed by atoms with Crippen molar-refractivity contribution < 1.29 is 19.3 Å². The molecule has 1 aliphatic rings. The van der Waals surface area contributed by atoms with E-state index in [-0.39, 0.29) is 11.8 Å². The fourth-order valence-corrected chi connectivity index (χ4v) is 8.30. The van der Waals surface area contributed by atoms with E-state index in [0.29, 0.717) is 11.2 Å². The molecule has 0 radical (unpaired) electrons. The smallest absolute Gasteiger partial charge is 0.167 e. The molecule has 3 heterocycles. The Morgan fingerprint density at radius 3 is 1.39 bits per heavy atom. The lowest BCUT2D eigenvalue weighted by molar-refractivity contribution is -0.122. The van der Waals surface area contributed by atoms with Crippen LogP contribution in [0.5, 0.6) is 0 Å². The SMILES string of the molecule is O[C@H]1[C@@H](OC(c2ccccc2)(c2ccccc2)c2ccccc2)[C@H](n2cnc3c(Cl)ncnc32)O[C@@H]1COC(c1ccccc1)(c1ccccc1)c1ccccc1. The maximum absolute atomic E-state index is 12.7. The van der Waals surface area contributed by atoms with Gasteiger partial charge >= 0.3 is 0 Å². The number of rotatable bonds is 12. The Morgan fingerprint density at radius 1 is 0.561 bits per heavy atom. The molecule has 0 unspecified atom stereocenters. The highest BCUT2D eigenvalue weighted by molar-refractivity contribution is 6.33. The minimum Gasteiger partial charge on any atom is -0.387 e. The molecule has 1 N–H and O–H groups in total. The largest absolute Gasteiger partial charge is 0.387 e. The molecule has 2 aromatic heterocycles. The highest BCUT2D eigenvalue weighted by Gasteiger charge is 2.52. The van der Waals surface area contributed by atoms with E-state index in [1.54, 1.807) is 10.9 Å². The van der Waals surface area contributed by atoms with Crippen LogP contribution in [0.25, 0.3) is 11.2 Å².